The fourth-order valence-electron chi connectivity index (χ4n) is 2.09. The monoisotopic (exact) mass is 289 g/mol. The molecule has 2 N–H and O–H groups in total. The van der Waals surface area contributed by atoms with Crippen molar-refractivity contribution >= 4 is 23.2 Å². The van der Waals surface area contributed by atoms with Crippen molar-refractivity contribution in [1.82, 2.24) is 0 Å². The largest absolute Gasteiger partial charge is 0.346 e. The molecule has 2 rings (SSSR count). The van der Waals surface area contributed by atoms with Gasteiger partial charge in [-0.1, -0.05) is 42.6 Å². The van der Waals surface area contributed by atoms with E-state index in [0.717, 1.165) is 18.4 Å². The lowest BCUT2D eigenvalue weighted by Gasteiger charge is -2.37. The van der Waals surface area contributed by atoms with E-state index in [1.165, 1.54) is 0 Å². The second-order valence-electron chi connectivity index (χ2n) is 4.73. The number of halogens is 2. The van der Waals surface area contributed by atoms with Gasteiger partial charge in [-0.2, -0.15) is 0 Å². The molecule has 1 fully saturated rings. The van der Waals surface area contributed by atoms with Crippen LogP contribution in [0.25, 0.3) is 0 Å². The van der Waals surface area contributed by atoms with Gasteiger partial charge in [0.25, 0.3) is 0 Å². The van der Waals surface area contributed by atoms with Crippen molar-refractivity contribution in [1.29, 1.82) is 0 Å². The molecule has 5 heteroatoms. The number of rotatable bonds is 3. The Balaban J connectivity index is 2.05. The Kier molecular flexibility index (Phi) is 4.51. The van der Waals surface area contributed by atoms with E-state index in [1.54, 1.807) is 12.1 Å². The minimum Gasteiger partial charge on any atom is -0.346 e. The predicted octanol–water partition coefficient (Wildman–Crippen LogP) is 3.54. The van der Waals surface area contributed by atoms with Crippen molar-refractivity contribution in [3.05, 3.63) is 33.8 Å². The fourth-order valence-corrected chi connectivity index (χ4v) is 2.59. The number of benzene rings is 1. The van der Waals surface area contributed by atoms with Crippen LogP contribution >= 0.6 is 23.2 Å². The summed E-state index contributed by atoms with van der Waals surface area (Å²) in [6.45, 7) is 3.05. The molecule has 0 atom stereocenters. The number of hydrogen-bond donors (Lipinski definition) is 1. The summed E-state index contributed by atoms with van der Waals surface area (Å²) < 4.78 is 11.4. The molecule has 100 valence electrons. The van der Waals surface area contributed by atoms with Gasteiger partial charge in [0.1, 0.15) is 0 Å². The lowest BCUT2D eigenvalue weighted by Crippen LogP contribution is -2.52. The molecule has 1 aromatic carbocycles. The number of hydrogen-bond acceptors (Lipinski definition) is 3. The summed E-state index contributed by atoms with van der Waals surface area (Å²) in [6.07, 6.45) is 1.44. The average molecular weight is 290 g/mol. The molecule has 18 heavy (non-hydrogen) atoms. The normalized spacial score (nSPS) is 28.3. The highest BCUT2D eigenvalue weighted by atomic mass is 35.5. The van der Waals surface area contributed by atoms with E-state index >= 15 is 0 Å². The zero-order chi connectivity index (χ0) is 13.2. The first-order valence-corrected chi connectivity index (χ1v) is 6.77. The Hall–Kier alpha value is -0.320. The first-order chi connectivity index (χ1) is 8.54. The lowest BCUT2D eigenvalue weighted by molar-refractivity contribution is -0.212. The second-order valence-corrected chi connectivity index (χ2v) is 5.58. The van der Waals surface area contributed by atoms with Crippen LogP contribution in [0.4, 0.5) is 0 Å². The fraction of sp³-hybridized carbons (Fsp3) is 0.538. The Morgan fingerprint density at radius 1 is 1.33 bits per heavy atom. The van der Waals surface area contributed by atoms with Crippen molar-refractivity contribution in [3.8, 4) is 0 Å². The van der Waals surface area contributed by atoms with Crippen LogP contribution in [-0.4, -0.2) is 18.8 Å². The molecule has 0 saturated carbocycles. The first-order valence-electron chi connectivity index (χ1n) is 6.01. The molecule has 0 aromatic heterocycles. The van der Waals surface area contributed by atoms with E-state index in [-0.39, 0.29) is 5.54 Å². The Labute approximate surface area is 117 Å². The first kappa shape index (κ1) is 14.1. The predicted molar refractivity (Wildman–Crippen MR) is 72.9 cm³/mol. The van der Waals surface area contributed by atoms with Crippen molar-refractivity contribution in [2.24, 2.45) is 5.73 Å². The van der Waals surface area contributed by atoms with Crippen molar-refractivity contribution in [2.75, 3.05) is 13.2 Å². The molecule has 0 unspecified atom stereocenters. The molecule has 1 aliphatic heterocycles. The molecule has 0 amide bonds. The summed E-state index contributed by atoms with van der Waals surface area (Å²) in [5.41, 5.74) is 6.57. The third kappa shape index (κ3) is 3.16. The summed E-state index contributed by atoms with van der Waals surface area (Å²) in [7, 11) is 0. The molecule has 0 spiro atoms. The van der Waals surface area contributed by atoms with Crippen LogP contribution in [0, 0.1) is 0 Å². The maximum atomic E-state index is 6.17. The highest BCUT2D eigenvalue weighted by molar-refractivity contribution is 6.35. The van der Waals surface area contributed by atoms with Gasteiger partial charge in [-0.25, -0.2) is 0 Å². The molecule has 1 aromatic rings. The minimum atomic E-state index is -0.455. The minimum absolute atomic E-state index is 0.385. The van der Waals surface area contributed by atoms with E-state index in [0.29, 0.717) is 23.3 Å². The Bertz CT molecular complexity index is 417. The molecule has 1 aliphatic rings. The van der Waals surface area contributed by atoms with Gasteiger partial charge in [0, 0.05) is 10.6 Å². The van der Waals surface area contributed by atoms with Crippen LogP contribution in [0.3, 0.4) is 0 Å². The summed E-state index contributed by atoms with van der Waals surface area (Å²) in [6, 6.07) is 5.27. The highest BCUT2D eigenvalue weighted by Gasteiger charge is 2.33. The van der Waals surface area contributed by atoms with Gasteiger partial charge in [-0.3, -0.25) is 0 Å². The number of nitrogens with two attached hydrogens (primary N) is 1. The van der Waals surface area contributed by atoms with Crippen LogP contribution in [0.2, 0.25) is 10.0 Å². The van der Waals surface area contributed by atoms with Gasteiger partial charge >= 0.3 is 0 Å². The maximum absolute atomic E-state index is 6.17. The number of ether oxygens (including phenoxy) is 2. The van der Waals surface area contributed by atoms with Crippen molar-refractivity contribution in [2.45, 2.75) is 31.6 Å². The van der Waals surface area contributed by atoms with Crippen LogP contribution in [0.1, 0.15) is 31.6 Å². The maximum Gasteiger partial charge on any atom is 0.185 e. The molecular formula is C13H17Cl2NO2. The van der Waals surface area contributed by atoms with Crippen molar-refractivity contribution < 1.29 is 9.47 Å². The van der Waals surface area contributed by atoms with Gasteiger partial charge in [0.05, 0.1) is 23.8 Å². The Morgan fingerprint density at radius 2 is 2.00 bits per heavy atom. The second kappa shape index (κ2) is 5.76. The van der Waals surface area contributed by atoms with Crippen LogP contribution < -0.4 is 5.73 Å². The third-order valence-corrected chi connectivity index (χ3v) is 3.57. The van der Waals surface area contributed by atoms with Gasteiger partial charge in [-0.05, 0) is 18.6 Å². The van der Waals surface area contributed by atoms with Crippen molar-refractivity contribution in [3.63, 3.8) is 0 Å². The zero-order valence-electron chi connectivity index (χ0n) is 10.3. The molecule has 1 saturated heterocycles. The van der Waals surface area contributed by atoms with Gasteiger partial charge in [-0.15, -0.1) is 0 Å². The van der Waals surface area contributed by atoms with E-state index in [2.05, 4.69) is 6.92 Å². The topological polar surface area (TPSA) is 44.5 Å². The summed E-state index contributed by atoms with van der Waals surface area (Å²) in [5, 5.41) is 1.14. The quantitative estimate of drug-likeness (QED) is 0.926. The van der Waals surface area contributed by atoms with Crippen LogP contribution in [0.5, 0.6) is 0 Å². The summed E-state index contributed by atoms with van der Waals surface area (Å²) in [5.74, 6) is 0. The zero-order valence-corrected chi connectivity index (χ0v) is 11.8. The molecule has 0 bridgehead atoms. The standard InChI is InChI=1S/C13H17Cl2NO2/c1-2-5-13(16)7-17-12(18-8-13)10-4-3-9(14)6-11(10)15/h3-4,6,12H,2,5,7-8,16H2,1H3. The Morgan fingerprint density at radius 3 is 2.56 bits per heavy atom. The highest BCUT2D eigenvalue weighted by Crippen LogP contribution is 2.33. The summed E-state index contributed by atoms with van der Waals surface area (Å²) in [4.78, 5) is 0. The van der Waals surface area contributed by atoms with Crippen LogP contribution in [0.15, 0.2) is 18.2 Å². The molecule has 1 heterocycles. The lowest BCUT2D eigenvalue weighted by atomic mass is 9.96. The molecule has 0 aliphatic carbocycles. The van der Waals surface area contributed by atoms with E-state index in [4.69, 9.17) is 38.4 Å². The molecule has 3 nitrogen and oxygen atoms in total. The van der Waals surface area contributed by atoms with Gasteiger partial charge in [0.2, 0.25) is 0 Å². The SMILES string of the molecule is CCCC1(N)COC(c2ccc(Cl)cc2Cl)OC1. The summed E-state index contributed by atoms with van der Waals surface area (Å²) >= 11 is 12.0. The van der Waals surface area contributed by atoms with E-state index < -0.39 is 6.29 Å². The van der Waals surface area contributed by atoms with Gasteiger partial charge in [0.15, 0.2) is 6.29 Å². The van der Waals surface area contributed by atoms with E-state index in [9.17, 15) is 0 Å². The third-order valence-electron chi connectivity index (χ3n) is 3.01. The van der Waals surface area contributed by atoms with E-state index in [1.807, 2.05) is 6.07 Å². The molecule has 0 radical (unpaired) electrons. The average Bonchev–Trinajstić information content (AvgIpc) is 2.31. The smallest absolute Gasteiger partial charge is 0.185 e. The molecular weight excluding hydrogens is 273 g/mol. The van der Waals surface area contributed by atoms with Gasteiger partial charge < -0.3 is 15.2 Å². The van der Waals surface area contributed by atoms with Crippen LogP contribution in [-0.2, 0) is 9.47 Å².